The molecule has 39 heavy (non-hydrogen) atoms. The summed E-state index contributed by atoms with van der Waals surface area (Å²) in [5.41, 5.74) is 3.93. The molecular formula is C29H39ClF4N4O. The number of hydrogen-bond donors (Lipinski definition) is 1. The lowest BCUT2D eigenvalue weighted by Crippen LogP contribution is -2.36. The summed E-state index contributed by atoms with van der Waals surface area (Å²) < 4.78 is 63.6. The quantitative estimate of drug-likeness (QED) is 0.226. The number of alkyl halides is 3. The fourth-order valence-corrected chi connectivity index (χ4v) is 4.97. The van der Waals surface area contributed by atoms with E-state index in [1.54, 1.807) is 0 Å². The highest BCUT2D eigenvalue weighted by molar-refractivity contribution is 6.41. The average molecular weight is 571 g/mol. The van der Waals surface area contributed by atoms with E-state index in [-0.39, 0.29) is 40.0 Å². The molecule has 0 bridgehead atoms. The lowest BCUT2D eigenvalue weighted by atomic mass is 9.89. The Labute approximate surface area is 234 Å². The zero-order chi connectivity index (χ0) is 29.8. The van der Waals surface area contributed by atoms with Crippen LogP contribution in [0.4, 0.5) is 23.4 Å². The third-order valence-corrected chi connectivity index (χ3v) is 7.56. The highest BCUT2D eigenvalue weighted by atomic mass is 35.5. The smallest absolute Gasteiger partial charge is 0.418 e. The molecule has 0 saturated carbocycles. The number of anilines is 1. The van der Waals surface area contributed by atoms with Crippen LogP contribution in [-0.4, -0.2) is 35.8 Å². The highest BCUT2D eigenvalue weighted by Crippen LogP contribution is 2.44. The molecule has 2 rings (SSSR count). The molecule has 0 aliphatic heterocycles. The van der Waals surface area contributed by atoms with Crippen LogP contribution in [0.25, 0.3) is 5.57 Å². The third-order valence-electron chi connectivity index (χ3n) is 7.26. The van der Waals surface area contributed by atoms with Crippen molar-refractivity contribution >= 4 is 28.7 Å². The molecule has 1 aliphatic rings. The topological polar surface area (TPSA) is 63.7 Å². The Kier molecular flexibility index (Phi) is 10.8. The van der Waals surface area contributed by atoms with E-state index in [2.05, 4.69) is 49.2 Å². The summed E-state index contributed by atoms with van der Waals surface area (Å²) in [6.45, 7) is 15.3. The van der Waals surface area contributed by atoms with Crippen LogP contribution in [0.2, 0.25) is 0 Å². The molecule has 2 N–H and O–H groups in total. The van der Waals surface area contributed by atoms with E-state index < -0.39 is 28.8 Å². The van der Waals surface area contributed by atoms with Crippen LogP contribution in [0.15, 0.2) is 51.7 Å². The number of nitrogen functional groups attached to an aromatic ring is 1. The number of ether oxygens (including phenoxy) is 1. The van der Waals surface area contributed by atoms with E-state index in [0.29, 0.717) is 17.2 Å². The first-order chi connectivity index (χ1) is 18.0. The Morgan fingerprint density at radius 3 is 2.38 bits per heavy atom. The van der Waals surface area contributed by atoms with Gasteiger partial charge in [0.25, 0.3) is 0 Å². The molecule has 0 radical (unpaired) electrons. The van der Waals surface area contributed by atoms with Gasteiger partial charge >= 0.3 is 6.18 Å². The molecular weight excluding hydrogens is 532 g/mol. The van der Waals surface area contributed by atoms with E-state index in [4.69, 9.17) is 22.1 Å². The van der Waals surface area contributed by atoms with Crippen molar-refractivity contribution in [3.8, 4) is 0 Å². The summed E-state index contributed by atoms with van der Waals surface area (Å²) in [6.07, 6.45) is -0.416. The molecule has 1 aromatic rings. The lowest BCUT2D eigenvalue weighted by Gasteiger charge is -2.36. The largest absolute Gasteiger partial charge is 0.481 e. The van der Waals surface area contributed by atoms with Crippen molar-refractivity contribution in [2.45, 2.75) is 73.0 Å². The third kappa shape index (κ3) is 7.44. The fourth-order valence-electron chi connectivity index (χ4n) is 4.69. The Morgan fingerprint density at radius 2 is 1.87 bits per heavy atom. The maximum absolute atomic E-state index is 16.3. The normalized spacial score (nSPS) is 18.3. The van der Waals surface area contributed by atoms with Gasteiger partial charge in [-0.2, -0.15) is 13.2 Å². The minimum absolute atomic E-state index is 0.119. The minimum Gasteiger partial charge on any atom is -0.481 e. The molecule has 0 aromatic carbocycles. The second-order valence-corrected chi connectivity index (χ2v) is 10.7. The van der Waals surface area contributed by atoms with E-state index in [9.17, 15) is 13.2 Å². The van der Waals surface area contributed by atoms with Crippen molar-refractivity contribution in [3.05, 3.63) is 63.6 Å². The highest BCUT2D eigenvalue weighted by Gasteiger charge is 2.40. The molecule has 216 valence electrons. The summed E-state index contributed by atoms with van der Waals surface area (Å²) >= 11 is 6.54. The Hall–Kier alpha value is -2.81. The van der Waals surface area contributed by atoms with Crippen molar-refractivity contribution < 1.29 is 22.3 Å². The summed E-state index contributed by atoms with van der Waals surface area (Å²) in [6, 6.07) is 1.21. The molecule has 0 spiro atoms. The van der Waals surface area contributed by atoms with E-state index in [0.717, 1.165) is 25.3 Å². The predicted molar refractivity (Wildman–Crippen MR) is 152 cm³/mol. The van der Waals surface area contributed by atoms with Gasteiger partial charge in [-0.3, -0.25) is 0 Å². The van der Waals surface area contributed by atoms with Crippen molar-refractivity contribution in [3.63, 3.8) is 0 Å². The SMILES string of the molecule is C=C(/N=C1/C(F)=C(c2nc(N)cc(C)c2C(F)(F)F)C(Cl)=C/C1=C(/C)N(C)[C@H](CCC(C)CC)C(C)C)OC. The summed E-state index contributed by atoms with van der Waals surface area (Å²) in [7, 11) is 3.23. The van der Waals surface area contributed by atoms with Crippen LogP contribution in [0, 0.1) is 18.8 Å². The minimum atomic E-state index is -4.83. The zero-order valence-electron chi connectivity index (χ0n) is 23.9. The molecule has 5 nitrogen and oxygen atoms in total. The molecule has 0 fully saturated rings. The lowest BCUT2D eigenvalue weighted by molar-refractivity contribution is -0.138. The molecule has 0 amide bonds. The average Bonchev–Trinajstić information content (AvgIpc) is 2.83. The molecule has 2 atom stereocenters. The van der Waals surface area contributed by atoms with Gasteiger partial charge in [-0.25, -0.2) is 14.4 Å². The van der Waals surface area contributed by atoms with Crippen LogP contribution in [0.1, 0.15) is 70.7 Å². The number of methoxy groups -OCH3 is 1. The van der Waals surface area contributed by atoms with Crippen LogP contribution in [-0.2, 0) is 10.9 Å². The standard InChI is InChI=1S/C29H39ClF4N4O/c1-10-16(4)11-12-22(15(2)3)38(8)18(6)20-14-21(30)24(26(31)27(20)36-19(7)39-9)28-25(29(32,33)34)17(5)13-23(35)37-28/h13-16,22H,7,10-12H2,1-6,8-9H3,(H2,35,37)/b20-18+,36-27+/t16?,22-/m1/s1. The first-order valence-electron chi connectivity index (χ1n) is 12.9. The van der Waals surface area contributed by atoms with Gasteiger partial charge in [-0.1, -0.05) is 45.7 Å². The van der Waals surface area contributed by atoms with Crippen LogP contribution < -0.4 is 5.73 Å². The number of allylic oxidation sites excluding steroid dienone is 6. The number of nitrogens with two attached hydrogens (primary N) is 1. The molecule has 1 heterocycles. The number of aromatic nitrogens is 1. The van der Waals surface area contributed by atoms with Gasteiger partial charge in [0.1, 0.15) is 11.5 Å². The van der Waals surface area contributed by atoms with Crippen LogP contribution in [0.3, 0.4) is 0 Å². The van der Waals surface area contributed by atoms with E-state index in [1.165, 1.54) is 20.1 Å². The Bertz CT molecular complexity index is 1210. The van der Waals surface area contributed by atoms with Gasteiger partial charge in [0.15, 0.2) is 5.83 Å². The van der Waals surface area contributed by atoms with Gasteiger partial charge in [0.2, 0.25) is 5.88 Å². The van der Waals surface area contributed by atoms with Crippen molar-refractivity contribution in [1.82, 2.24) is 9.88 Å². The number of nitrogens with zero attached hydrogens (tertiary/aromatic N) is 3. The number of aryl methyl sites for hydroxylation is 1. The maximum Gasteiger partial charge on any atom is 0.418 e. The second-order valence-electron chi connectivity index (χ2n) is 10.3. The van der Waals surface area contributed by atoms with E-state index >= 15 is 4.39 Å². The number of halogens is 5. The van der Waals surface area contributed by atoms with Crippen LogP contribution in [0.5, 0.6) is 0 Å². The fraction of sp³-hybridized carbons (Fsp3) is 0.517. The van der Waals surface area contributed by atoms with Gasteiger partial charge in [-0.15, -0.1) is 0 Å². The van der Waals surface area contributed by atoms with Gasteiger partial charge in [0.05, 0.1) is 29.0 Å². The number of aliphatic imine (C=N–C) groups is 1. The zero-order valence-corrected chi connectivity index (χ0v) is 24.7. The summed E-state index contributed by atoms with van der Waals surface area (Å²) in [4.78, 5) is 10.1. The molecule has 10 heteroatoms. The molecule has 1 aliphatic carbocycles. The van der Waals surface area contributed by atoms with Crippen molar-refractivity contribution in [2.24, 2.45) is 16.8 Å². The first-order valence-corrected chi connectivity index (χ1v) is 13.3. The second kappa shape index (κ2) is 13.0. The number of pyridine rings is 1. The van der Waals surface area contributed by atoms with Crippen molar-refractivity contribution in [1.29, 1.82) is 0 Å². The maximum atomic E-state index is 16.3. The van der Waals surface area contributed by atoms with Crippen LogP contribution >= 0.6 is 11.6 Å². The van der Waals surface area contributed by atoms with Gasteiger partial charge in [-0.05, 0) is 62.8 Å². The Balaban J connectivity index is 2.81. The Morgan fingerprint density at radius 1 is 1.26 bits per heavy atom. The first kappa shape index (κ1) is 32.4. The van der Waals surface area contributed by atoms with Gasteiger partial charge < -0.3 is 15.4 Å². The summed E-state index contributed by atoms with van der Waals surface area (Å²) in [5, 5.41) is -0.249. The number of rotatable bonds is 10. The monoisotopic (exact) mass is 570 g/mol. The molecule has 1 unspecified atom stereocenters. The van der Waals surface area contributed by atoms with Gasteiger partial charge in [0, 0.05) is 24.4 Å². The van der Waals surface area contributed by atoms with Crippen molar-refractivity contribution in [2.75, 3.05) is 19.9 Å². The molecule has 1 aromatic heterocycles. The van der Waals surface area contributed by atoms with E-state index in [1.807, 2.05) is 14.0 Å². The summed E-state index contributed by atoms with van der Waals surface area (Å²) in [5.74, 6) is -0.565. The molecule has 0 saturated heterocycles. The predicted octanol–water partition coefficient (Wildman–Crippen LogP) is 8.42. The number of hydrogen-bond acceptors (Lipinski definition) is 5.